The number of ether oxygens (including phenoxy) is 2. The maximum Gasteiger partial charge on any atom is 0.339 e. The van der Waals surface area contributed by atoms with Gasteiger partial charge in [0.25, 0.3) is 5.91 Å². The summed E-state index contributed by atoms with van der Waals surface area (Å²) in [6, 6.07) is 19.1. The number of amides is 1. The Bertz CT molecular complexity index is 1020. The zero-order chi connectivity index (χ0) is 20.8. The molecular weight excluding hydrogens is 394 g/mol. The van der Waals surface area contributed by atoms with Crippen molar-refractivity contribution in [3.8, 4) is 11.5 Å². The number of halogens is 1. The Kier molecular flexibility index (Phi) is 6.36. The molecule has 29 heavy (non-hydrogen) atoms. The number of phenols is 1. The molecule has 0 saturated carbocycles. The molecule has 0 aromatic heterocycles. The number of methoxy groups -OCH3 is 1. The number of phenolic OH excluding ortho intramolecular Hbond substituents is 1. The van der Waals surface area contributed by atoms with Crippen LogP contribution in [0.2, 0.25) is 5.02 Å². The fraction of sp³-hybridized carbons (Fsp3) is 0.0909. The van der Waals surface area contributed by atoms with Gasteiger partial charge in [-0.1, -0.05) is 48.0 Å². The van der Waals surface area contributed by atoms with Crippen LogP contribution in [0, 0.1) is 0 Å². The molecule has 0 aliphatic heterocycles. The van der Waals surface area contributed by atoms with Gasteiger partial charge in [-0.15, -0.1) is 0 Å². The molecule has 148 valence electrons. The van der Waals surface area contributed by atoms with Crippen molar-refractivity contribution in [2.45, 2.75) is 6.10 Å². The second-order valence-corrected chi connectivity index (χ2v) is 6.49. The summed E-state index contributed by atoms with van der Waals surface area (Å²) < 4.78 is 10.6. The first-order valence-electron chi connectivity index (χ1n) is 8.67. The van der Waals surface area contributed by atoms with E-state index in [9.17, 15) is 14.7 Å². The van der Waals surface area contributed by atoms with E-state index >= 15 is 0 Å². The van der Waals surface area contributed by atoms with Gasteiger partial charge in [0.2, 0.25) is 6.10 Å². The van der Waals surface area contributed by atoms with E-state index in [2.05, 4.69) is 5.32 Å². The number of carbonyl (C=O) groups is 2. The molecule has 6 nitrogen and oxygen atoms in total. The molecule has 3 rings (SSSR count). The molecule has 3 aromatic rings. The molecule has 1 amide bonds. The highest BCUT2D eigenvalue weighted by Gasteiger charge is 2.26. The molecule has 0 fully saturated rings. The van der Waals surface area contributed by atoms with Gasteiger partial charge in [-0.25, -0.2) is 4.79 Å². The average Bonchev–Trinajstić information content (AvgIpc) is 2.72. The predicted octanol–water partition coefficient (Wildman–Crippen LogP) is 4.59. The van der Waals surface area contributed by atoms with Crippen LogP contribution in [0.15, 0.2) is 72.8 Å². The summed E-state index contributed by atoms with van der Waals surface area (Å²) in [4.78, 5) is 25.4. The highest BCUT2D eigenvalue weighted by atomic mass is 35.5. The van der Waals surface area contributed by atoms with E-state index in [1.807, 2.05) is 0 Å². The van der Waals surface area contributed by atoms with Crippen molar-refractivity contribution < 1.29 is 24.2 Å². The molecule has 0 heterocycles. The number of esters is 1. The normalized spacial score (nSPS) is 11.4. The van der Waals surface area contributed by atoms with E-state index in [4.69, 9.17) is 21.1 Å². The lowest BCUT2D eigenvalue weighted by Gasteiger charge is -2.18. The fourth-order valence-electron chi connectivity index (χ4n) is 2.66. The zero-order valence-electron chi connectivity index (χ0n) is 15.5. The Hall–Kier alpha value is -3.51. The third kappa shape index (κ3) is 5.06. The monoisotopic (exact) mass is 411 g/mol. The van der Waals surface area contributed by atoms with Gasteiger partial charge in [0.15, 0.2) is 0 Å². The van der Waals surface area contributed by atoms with Crippen molar-refractivity contribution in [3.63, 3.8) is 0 Å². The molecule has 0 aliphatic rings. The van der Waals surface area contributed by atoms with E-state index in [1.165, 1.54) is 37.4 Å². The van der Waals surface area contributed by atoms with E-state index in [1.54, 1.807) is 42.5 Å². The van der Waals surface area contributed by atoms with E-state index in [0.29, 0.717) is 22.0 Å². The van der Waals surface area contributed by atoms with E-state index in [0.717, 1.165) is 0 Å². The minimum atomic E-state index is -1.20. The maximum absolute atomic E-state index is 12.9. The van der Waals surface area contributed by atoms with Gasteiger partial charge in [0, 0.05) is 11.3 Å². The highest BCUT2D eigenvalue weighted by Crippen LogP contribution is 2.28. The van der Waals surface area contributed by atoms with Gasteiger partial charge >= 0.3 is 5.97 Å². The van der Waals surface area contributed by atoms with Crippen LogP contribution >= 0.6 is 11.6 Å². The number of hydrogen-bond acceptors (Lipinski definition) is 5. The summed E-state index contributed by atoms with van der Waals surface area (Å²) >= 11 is 6.10. The Balaban J connectivity index is 1.84. The zero-order valence-corrected chi connectivity index (χ0v) is 16.2. The first-order valence-corrected chi connectivity index (χ1v) is 9.05. The molecule has 1 atom stereocenters. The van der Waals surface area contributed by atoms with Gasteiger partial charge in [-0.3, -0.25) is 4.79 Å². The summed E-state index contributed by atoms with van der Waals surface area (Å²) in [7, 11) is 1.49. The van der Waals surface area contributed by atoms with E-state index < -0.39 is 18.0 Å². The van der Waals surface area contributed by atoms with Crippen molar-refractivity contribution in [3.05, 3.63) is 88.9 Å². The van der Waals surface area contributed by atoms with Crippen molar-refractivity contribution in [2.24, 2.45) is 0 Å². The lowest BCUT2D eigenvalue weighted by molar-refractivity contribution is -0.125. The molecule has 0 radical (unpaired) electrons. The van der Waals surface area contributed by atoms with Gasteiger partial charge in [-0.2, -0.15) is 0 Å². The number of aromatic hydroxyl groups is 1. The lowest BCUT2D eigenvalue weighted by Crippen LogP contribution is -2.26. The van der Waals surface area contributed by atoms with Gasteiger partial charge in [0.05, 0.1) is 17.7 Å². The molecule has 0 unspecified atom stereocenters. The maximum atomic E-state index is 12.9. The number of benzene rings is 3. The molecule has 3 aromatic carbocycles. The second kappa shape index (κ2) is 9.12. The smallest absolute Gasteiger partial charge is 0.339 e. The van der Waals surface area contributed by atoms with Gasteiger partial charge < -0.3 is 19.9 Å². The van der Waals surface area contributed by atoms with E-state index in [-0.39, 0.29) is 11.3 Å². The number of rotatable bonds is 6. The van der Waals surface area contributed by atoms with Crippen molar-refractivity contribution in [1.82, 2.24) is 0 Å². The minimum absolute atomic E-state index is 0.0759. The number of carbonyl (C=O) groups excluding carboxylic acids is 2. The van der Waals surface area contributed by atoms with Crippen molar-refractivity contribution in [1.29, 1.82) is 0 Å². The van der Waals surface area contributed by atoms with Crippen LogP contribution < -0.4 is 10.1 Å². The third-order valence-electron chi connectivity index (χ3n) is 4.07. The highest BCUT2D eigenvalue weighted by molar-refractivity contribution is 6.32. The van der Waals surface area contributed by atoms with Crippen LogP contribution in [0.3, 0.4) is 0 Å². The van der Waals surface area contributed by atoms with Crippen LogP contribution in [-0.2, 0) is 9.53 Å². The van der Waals surface area contributed by atoms with Crippen LogP contribution in [0.25, 0.3) is 0 Å². The summed E-state index contributed by atoms with van der Waals surface area (Å²) in [6.07, 6.45) is -1.20. The van der Waals surface area contributed by atoms with Gasteiger partial charge in [-0.05, 0) is 36.4 Å². The third-order valence-corrected chi connectivity index (χ3v) is 4.36. The number of nitrogens with one attached hydrogen (secondary N) is 1. The Morgan fingerprint density at radius 1 is 1.00 bits per heavy atom. The van der Waals surface area contributed by atoms with Crippen LogP contribution in [0.5, 0.6) is 11.5 Å². The molecule has 0 saturated heterocycles. The molecule has 0 spiro atoms. The Labute approximate surface area is 172 Å². The molecule has 0 bridgehead atoms. The van der Waals surface area contributed by atoms with Crippen LogP contribution in [0.4, 0.5) is 5.69 Å². The summed E-state index contributed by atoms with van der Waals surface area (Å²) in [5, 5.41) is 12.6. The summed E-state index contributed by atoms with van der Waals surface area (Å²) in [6.45, 7) is 0. The number of anilines is 1. The minimum Gasteiger partial charge on any atom is -0.508 e. The van der Waals surface area contributed by atoms with Crippen LogP contribution in [-0.4, -0.2) is 24.1 Å². The summed E-state index contributed by atoms with van der Waals surface area (Å²) in [5.74, 6) is -0.892. The first kappa shape index (κ1) is 20.2. The molecule has 7 heteroatoms. The van der Waals surface area contributed by atoms with Crippen molar-refractivity contribution >= 4 is 29.2 Å². The Morgan fingerprint density at radius 2 is 1.76 bits per heavy atom. The van der Waals surface area contributed by atoms with Crippen molar-refractivity contribution in [2.75, 3.05) is 12.4 Å². The first-order chi connectivity index (χ1) is 14.0. The van der Waals surface area contributed by atoms with Crippen LogP contribution in [0.1, 0.15) is 22.0 Å². The fourth-order valence-corrected chi connectivity index (χ4v) is 2.92. The Morgan fingerprint density at radius 3 is 2.41 bits per heavy atom. The summed E-state index contributed by atoms with van der Waals surface area (Å²) in [5.41, 5.74) is 1.06. The topological polar surface area (TPSA) is 84.9 Å². The molecule has 0 aliphatic carbocycles. The molecular formula is C22H18ClNO5. The lowest BCUT2D eigenvalue weighted by atomic mass is 10.1. The standard InChI is InChI=1S/C22H18ClNO5/c1-28-19-11-10-16(13-18(19)23)24-21(26)20(14-6-3-2-4-7-14)29-22(27)15-8-5-9-17(25)12-15/h2-13,20,25H,1H3,(H,24,26)/t20-/m1/s1. The number of hydrogen-bond donors (Lipinski definition) is 2. The SMILES string of the molecule is COc1ccc(NC(=O)[C@H](OC(=O)c2cccc(O)c2)c2ccccc2)cc1Cl. The quantitative estimate of drug-likeness (QED) is 0.579. The largest absolute Gasteiger partial charge is 0.508 e. The predicted molar refractivity (Wildman–Crippen MR) is 109 cm³/mol. The average molecular weight is 412 g/mol. The molecule has 2 N–H and O–H groups in total. The second-order valence-electron chi connectivity index (χ2n) is 6.08. The van der Waals surface area contributed by atoms with Gasteiger partial charge in [0.1, 0.15) is 11.5 Å².